The molecule has 1 aromatic carbocycles. The lowest BCUT2D eigenvalue weighted by atomic mass is 10.1. The zero-order valence-corrected chi connectivity index (χ0v) is 15.1. The molecule has 5 heteroatoms. The number of fused-ring (bicyclic) bond motifs is 1. The first-order chi connectivity index (χ1) is 12.1. The molecule has 0 saturated carbocycles. The largest absolute Gasteiger partial charge is 0.476 e. The lowest BCUT2D eigenvalue weighted by Crippen LogP contribution is -2.30. The quantitative estimate of drug-likeness (QED) is 0.812. The Balaban J connectivity index is 1.65. The maximum Gasteiger partial charge on any atom is 0.255 e. The molecule has 1 amide bonds. The van der Waals surface area contributed by atoms with Gasteiger partial charge in [0.1, 0.15) is 6.61 Å². The monoisotopic (exact) mass is 339 g/mol. The van der Waals surface area contributed by atoms with Crippen molar-refractivity contribution in [2.45, 2.75) is 18.9 Å². The van der Waals surface area contributed by atoms with E-state index in [4.69, 9.17) is 4.74 Å². The molecule has 0 radical (unpaired) electrons. The van der Waals surface area contributed by atoms with Crippen molar-refractivity contribution in [3.63, 3.8) is 0 Å². The second kappa shape index (κ2) is 7.66. The Bertz CT molecular complexity index is 728. The summed E-state index contributed by atoms with van der Waals surface area (Å²) in [5.74, 6) is 0.543. The van der Waals surface area contributed by atoms with Crippen molar-refractivity contribution in [2.24, 2.45) is 0 Å². The Labute approximate surface area is 149 Å². The van der Waals surface area contributed by atoms with Crippen molar-refractivity contribution >= 4 is 5.91 Å². The summed E-state index contributed by atoms with van der Waals surface area (Å²) in [6.45, 7) is 1.40. The molecule has 1 aliphatic rings. The van der Waals surface area contributed by atoms with E-state index in [-0.39, 0.29) is 11.9 Å². The average Bonchev–Trinajstić information content (AvgIpc) is 3.05. The van der Waals surface area contributed by atoms with E-state index in [1.54, 1.807) is 18.3 Å². The van der Waals surface area contributed by atoms with E-state index in [0.717, 1.165) is 19.4 Å². The molecular weight excluding hydrogens is 314 g/mol. The summed E-state index contributed by atoms with van der Waals surface area (Å²) in [5, 5.41) is 0. The van der Waals surface area contributed by atoms with Gasteiger partial charge in [-0.15, -0.1) is 0 Å². The number of ether oxygens (including phenoxy) is 1. The predicted octanol–water partition coefficient (Wildman–Crippen LogP) is 2.78. The van der Waals surface area contributed by atoms with E-state index in [0.29, 0.717) is 18.1 Å². The molecular formula is C20H25N3O2. The number of pyridine rings is 1. The Kier molecular flexibility index (Phi) is 5.34. The highest BCUT2D eigenvalue weighted by molar-refractivity contribution is 5.94. The predicted molar refractivity (Wildman–Crippen MR) is 97.9 cm³/mol. The molecule has 0 fully saturated rings. The SMILES string of the molecule is CN(C)CCOc1ccc(C(=O)N(C)C2CCc3ccccc32)cn1. The molecule has 0 bridgehead atoms. The van der Waals surface area contributed by atoms with Crippen molar-refractivity contribution in [2.75, 3.05) is 34.3 Å². The van der Waals surface area contributed by atoms with Gasteiger partial charge in [-0.1, -0.05) is 24.3 Å². The van der Waals surface area contributed by atoms with Gasteiger partial charge in [0.05, 0.1) is 11.6 Å². The molecule has 0 N–H and O–H groups in total. The number of carbonyl (C=O) groups is 1. The second-order valence-electron chi connectivity index (χ2n) is 6.71. The number of amides is 1. The Morgan fingerprint density at radius 1 is 1.20 bits per heavy atom. The highest BCUT2D eigenvalue weighted by atomic mass is 16.5. The number of hydrogen-bond acceptors (Lipinski definition) is 4. The smallest absolute Gasteiger partial charge is 0.255 e. The Hall–Kier alpha value is -2.40. The third-order valence-corrected chi connectivity index (χ3v) is 4.66. The van der Waals surface area contributed by atoms with Gasteiger partial charge in [0, 0.05) is 25.9 Å². The van der Waals surface area contributed by atoms with Crippen LogP contribution in [-0.4, -0.2) is 55.0 Å². The van der Waals surface area contributed by atoms with Crippen LogP contribution in [0.5, 0.6) is 5.88 Å². The number of aromatic nitrogens is 1. The van der Waals surface area contributed by atoms with Gasteiger partial charge in [0.15, 0.2) is 0 Å². The summed E-state index contributed by atoms with van der Waals surface area (Å²) in [7, 11) is 5.86. The van der Waals surface area contributed by atoms with Crippen molar-refractivity contribution in [3.05, 3.63) is 59.3 Å². The lowest BCUT2D eigenvalue weighted by molar-refractivity contribution is 0.0730. The first kappa shape index (κ1) is 17.4. The number of aryl methyl sites for hydroxylation is 1. The van der Waals surface area contributed by atoms with Crippen LogP contribution in [0.2, 0.25) is 0 Å². The van der Waals surface area contributed by atoms with Crippen LogP contribution in [0.25, 0.3) is 0 Å². The van der Waals surface area contributed by atoms with Crippen molar-refractivity contribution in [3.8, 4) is 5.88 Å². The summed E-state index contributed by atoms with van der Waals surface area (Å²) in [5.41, 5.74) is 3.19. The molecule has 2 aromatic rings. The van der Waals surface area contributed by atoms with Crippen LogP contribution in [0.1, 0.15) is 33.9 Å². The standard InChI is InChI=1S/C20H25N3O2/c1-22(2)12-13-25-19-11-9-16(14-21-19)20(24)23(3)18-10-8-15-6-4-5-7-17(15)18/h4-7,9,11,14,18H,8,10,12-13H2,1-3H3. The number of hydrogen-bond donors (Lipinski definition) is 0. The van der Waals surface area contributed by atoms with E-state index in [2.05, 4.69) is 23.2 Å². The van der Waals surface area contributed by atoms with Gasteiger partial charge in [0.2, 0.25) is 5.88 Å². The number of nitrogens with zero attached hydrogens (tertiary/aromatic N) is 3. The molecule has 1 aromatic heterocycles. The van der Waals surface area contributed by atoms with Gasteiger partial charge >= 0.3 is 0 Å². The Morgan fingerprint density at radius 3 is 2.72 bits per heavy atom. The van der Waals surface area contributed by atoms with Crippen LogP contribution < -0.4 is 4.74 Å². The zero-order valence-electron chi connectivity index (χ0n) is 15.1. The molecule has 132 valence electrons. The maximum absolute atomic E-state index is 12.8. The van der Waals surface area contributed by atoms with Crippen molar-refractivity contribution in [1.82, 2.24) is 14.8 Å². The van der Waals surface area contributed by atoms with Crippen LogP contribution in [0.3, 0.4) is 0 Å². The second-order valence-corrected chi connectivity index (χ2v) is 6.71. The lowest BCUT2D eigenvalue weighted by Gasteiger charge is -2.25. The molecule has 5 nitrogen and oxygen atoms in total. The van der Waals surface area contributed by atoms with E-state index in [1.807, 2.05) is 37.0 Å². The molecule has 0 aliphatic heterocycles. The molecule has 0 spiro atoms. The average molecular weight is 339 g/mol. The third kappa shape index (κ3) is 3.99. The highest BCUT2D eigenvalue weighted by Crippen LogP contribution is 2.35. The zero-order chi connectivity index (χ0) is 17.8. The number of benzene rings is 1. The first-order valence-corrected chi connectivity index (χ1v) is 8.65. The molecule has 1 atom stereocenters. The first-order valence-electron chi connectivity index (χ1n) is 8.65. The van der Waals surface area contributed by atoms with Crippen molar-refractivity contribution in [1.29, 1.82) is 0 Å². The van der Waals surface area contributed by atoms with E-state index < -0.39 is 0 Å². The van der Waals surface area contributed by atoms with E-state index in [9.17, 15) is 4.79 Å². The molecule has 0 saturated heterocycles. The summed E-state index contributed by atoms with van der Waals surface area (Å²) in [6.07, 6.45) is 3.60. The molecule has 1 heterocycles. The fourth-order valence-electron chi connectivity index (χ4n) is 3.21. The van der Waals surface area contributed by atoms with Gasteiger partial charge in [0.25, 0.3) is 5.91 Å². The van der Waals surface area contributed by atoms with Crippen LogP contribution in [0.4, 0.5) is 0 Å². The maximum atomic E-state index is 12.8. The molecule has 25 heavy (non-hydrogen) atoms. The van der Waals surface area contributed by atoms with Gasteiger partial charge in [-0.3, -0.25) is 4.79 Å². The minimum absolute atomic E-state index is 0.00551. The van der Waals surface area contributed by atoms with Crippen LogP contribution in [-0.2, 0) is 6.42 Å². The molecule has 1 aliphatic carbocycles. The number of likely N-dealkylation sites (N-methyl/N-ethyl adjacent to an activating group) is 1. The van der Waals surface area contributed by atoms with Gasteiger partial charge in [-0.25, -0.2) is 4.98 Å². The summed E-state index contributed by atoms with van der Waals surface area (Å²) in [4.78, 5) is 20.9. The molecule has 3 rings (SSSR count). The van der Waals surface area contributed by atoms with Gasteiger partial charge in [-0.05, 0) is 44.1 Å². The van der Waals surface area contributed by atoms with Crippen molar-refractivity contribution < 1.29 is 9.53 Å². The number of carbonyl (C=O) groups excluding carboxylic acids is 1. The third-order valence-electron chi connectivity index (χ3n) is 4.66. The topological polar surface area (TPSA) is 45.7 Å². The fraction of sp³-hybridized carbons (Fsp3) is 0.400. The van der Waals surface area contributed by atoms with Gasteiger partial charge < -0.3 is 14.5 Å². The molecule has 1 unspecified atom stereocenters. The minimum atomic E-state index is -0.00551. The summed E-state index contributed by atoms with van der Waals surface area (Å²) in [6, 6.07) is 12.1. The van der Waals surface area contributed by atoms with Gasteiger partial charge in [-0.2, -0.15) is 0 Å². The van der Waals surface area contributed by atoms with Crippen LogP contribution >= 0.6 is 0 Å². The highest BCUT2D eigenvalue weighted by Gasteiger charge is 2.28. The van der Waals surface area contributed by atoms with Crippen LogP contribution in [0.15, 0.2) is 42.6 Å². The Morgan fingerprint density at radius 2 is 2.00 bits per heavy atom. The number of rotatable bonds is 6. The van der Waals surface area contributed by atoms with Crippen LogP contribution in [0, 0.1) is 0 Å². The fourth-order valence-corrected chi connectivity index (χ4v) is 3.21. The normalized spacial score (nSPS) is 15.9. The summed E-state index contributed by atoms with van der Waals surface area (Å²) >= 11 is 0. The minimum Gasteiger partial charge on any atom is -0.476 e. The van der Waals surface area contributed by atoms with E-state index >= 15 is 0 Å². The van der Waals surface area contributed by atoms with E-state index in [1.165, 1.54) is 11.1 Å². The summed E-state index contributed by atoms with van der Waals surface area (Å²) < 4.78 is 5.58.